The summed E-state index contributed by atoms with van der Waals surface area (Å²) in [5.41, 5.74) is 7.48. The molecule has 1 saturated carbocycles. The van der Waals surface area contributed by atoms with E-state index in [0.29, 0.717) is 13.0 Å². The number of nitrogens with one attached hydrogen (secondary N) is 2. The number of hydrogen-bond acceptors (Lipinski definition) is 3. The van der Waals surface area contributed by atoms with Gasteiger partial charge in [0.05, 0.1) is 6.04 Å². The smallest absolute Gasteiger partial charge is 0.237 e. The van der Waals surface area contributed by atoms with Gasteiger partial charge in [0, 0.05) is 18.2 Å². The first kappa shape index (κ1) is 15.5. The molecule has 2 amide bonds. The van der Waals surface area contributed by atoms with E-state index in [2.05, 4.69) is 10.6 Å². The van der Waals surface area contributed by atoms with Crippen LogP contribution in [0.5, 0.6) is 0 Å². The number of benzene rings is 1. The third-order valence-electron chi connectivity index (χ3n) is 3.55. The van der Waals surface area contributed by atoms with Crippen LogP contribution in [0, 0.1) is 5.92 Å². The molecular formula is C16H23N3O2. The molecule has 0 aromatic heterocycles. The van der Waals surface area contributed by atoms with E-state index in [0.717, 1.165) is 30.5 Å². The van der Waals surface area contributed by atoms with Gasteiger partial charge in [0.25, 0.3) is 0 Å². The van der Waals surface area contributed by atoms with Crippen LogP contribution in [0.4, 0.5) is 5.69 Å². The molecule has 0 bridgehead atoms. The van der Waals surface area contributed by atoms with Gasteiger partial charge in [0.2, 0.25) is 11.8 Å². The van der Waals surface area contributed by atoms with E-state index < -0.39 is 6.04 Å². The van der Waals surface area contributed by atoms with Crippen LogP contribution >= 0.6 is 0 Å². The molecule has 1 aliphatic rings. The third kappa shape index (κ3) is 4.86. The second kappa shape index (κ2) is 7.22. The van der Waals surface area contributed by atoms with E-state index in [9.17, 15) is 9.59 Å². The minimum absolute atomic E-state index is 0.0844. The van der Waals surface area contributed by atoms with Crippen molar-refractivity contribution in [2.75, 3.05) is 5.32 Å². The molecule has 1 fully saturated rings. The number of carbonyl (C=O) groups is 2. The van der Waals surface area contributed by atoms with Crippen molar-refractivity contribution in [3.8, 4) is 0 Å². The van der Waals surface area contributed by atoms with Gasteiger partial charge in [-0.1, -0.05) is 25.5 Å². The standard InChI is InChI=1S/C16H23N3O2/c1-2-4-14(17)16(21)18-10-11-5-3-6-13(9-11)19-15(20)12-7-8-12/h3,5-6,9,12,14H,2,4,7-8,10,17H2,1H3,(H,18,21)(H,19,20)/t14-/m1/s1. The zero-order chi connectivity index (χ0) is 15.2. The average molecular weight is 289 g/mol. The van der Waals surface area contributed by atoms with Crippen molar-refractivity contribution in [2.45, 2.75) is 45.2 Å². The number of hydrogen-bond donors (Lipinski definition) is 3. The minimum Gasteiger partial charge on any atom is -0.351 e. The highest BCUT2D eigenvalue weighted by Gasteiger charge is 2.29. The molecule has 1 atom stereocenters. The van der Waals surface area contributed by atoms with Crippen LogP contribution in [0.1, 0.15) is 38.2 Å². The van der Waals surface area contributed by atoms with Crippen LogP contribution in [-0.2, 0) is 16.1 Å². The molecule has 1 aromatic carbocycles. The molecule has 0 heterocycles. The lowest BCUT2D eigenvalue weighted by Crippen LogP contribution is -2.40. The SMILES string of the molecule is CCC[C@@H](N)C(=O)NCc1cccc(NC(=O)C2CC2)c1. The summed E-state index contributed by atoms with van der Waals surface area (Å²) in [6.45, 7) is 2.42. The topological polar surface area (TPSA) is 84.2 Å². The predicted octanol–water partition coefficient (Wildman–Crippen LogP) is 1.78. The Labute approximate surface area is 125 Å². The molecule has 5 heteroatoms. The molecule has 5 nitrogen and oxygen atoms in total. The van der Waals surface area contributed by atoms with Crippen molar-refractivity contribution in [1.29, 1.82) is 0 Å². The first-order chi connectivity index (χ1) is 10.1. The van der Waals surface area contributed by atoms with Gasteiger partial charge in [-0.05, 0) is 37.0 Å². The molecule has 21 heavy (non-hydrogen) atoms. The van der Waals surface area contributed by atoms with Crippen LogP contribution in [-0.4, -0.2) is 17.9 Å². The third-order valence-corrected chi connectivity index (χ3v) is 3.55. The van der Waals surface area contributed by atoms with E-state index in [1.807, 2.05) is 31.2 Å². The maximum absolute atomic E-state index is 11.8. The lowest BCUT2D eigenvalue weighted by atomic mass is 10.1. The minimum atomic E-state index is -0.451. The molecular weight excluding hydrogens is 266 g/mol. The molecule has 0 radical (unpaired) electrons. The van der Waals surface area contributed by atoms with Crippen LogP contribution in [0.3, 0.4) is 0 Å². The largest absolute Gasteiger partial charge is 0.351 e. The molecule has 1 aromatic rings. The fourth-order valence-corrected chi connectivity index (χ4v) is 2.11. The Balaban J connectivity index is 1.85. The van der Waals surface area contributed by atoms with Crippen LogP contribution in [0.25, 0.3) is 0 Å². The summed E-state index contributed by atoms with van der Waals surface area (Å²) in [5.74, 6) is 0.130. The molecule has 2 rings (SSSR count). The zero-order valence-electron chi connectivity index (χ0n) is 12.4. The van der Waals surface area contributed by atoms with E-state index in [4.69, 9.17) is 5.73 Å². The normalized spacial score (nSPS) is 15.3. The van der Waals surface area contributed by atoms with E-state index in [-0.39, 0.29) is 17.7 Å². The Morgan fingerprint density at radius 2 is 2.14 bits per heavy atom. The van der Waals surface area contributed by atoms with Crippen molar-refractivity contribution >= 4 is 17.5 Å². The number of nitrogens with two attached hydrogens (primary N) is 1. The maximum Gasteiger partial charge on any atom is 0.237 e. The first-order valence-corrected chi connectivity index (χ1v) is 7.53. The van der Waals surface area contributed by atoms with Crippen molar-refractivity contribution in [3.05, 3.63) is 29.8 Å². The second-order valence-electron chi connectivity index (χ2n) is 5.58. The Morgan fingerprint density at radius 1 is 1.38 bits per heavy atom. The Kier molecular flexibility index (Phi) is 5.33. The average Bonchev–Trinajstić information content (AvgIpc) is 3.30. The van der Waals surface area contributed by atoms with Crippen LogP contribution in [0.15, 0.2) is 24.3 Å². The van der Waals surface area contributed by atoms with Gasteiger partial charge in [-0.15, -0.1) is 0 Å². The summed E-state index contributed by atoms with van der Waals surface area (Å²) in [6, 6.07) is 7.07. The Bertz CT molecular complexity index is 512. The fraction of sp³-hybridized carbons (Fsp3) is 0.500. The monoisotopic (exact) mass is 289 g/mol. The van der Waals surface area contributed by atoms with Crippen LogP contribution in [0.2, 0.25) is 0 Å². The molecule has 0 aliphatic heterocycles. The summed E-state index contributed by atoms with van der Waals surface area (Å²) in [5, 5.41) is 5.72. The van der Waals surface area contributed by atoms with Gasteiger partial charge in [-0.2, -0.15) is 0 Å². The molecule has 1 aliphatic carbocycles. The van der Waals surface area contributed by atoms with E-state index in [1.54, 1.807) is 0 Å². The van der Waals surface area contributed by atoms with Crippen molar-refractivity contribution in [2.24, 2.45) is 11.7 Å². The van der Waals surface area contributed by atoms with E-state index in [1.165, 1.54) is 0 Å². The van der Waals surface area contributed by atoms with Gasteiger partial charge >= 0.3 is 0 Å². The number of carbonyl (C=O) groups excluding carboxylic acids is 2. The Morgan fingerprint density at radius 3 is 2.81 bits per heavy atom. The Hall–Kier alpha value is -1.88. The number of rotatable bonds is 7. The van der Waals surface area contributed by atoms with Crippen molar-refractivity contribution < 1.29 is 9.59 Å². The molecule has 4 N–H and O–H groups in total. The van der Waals surface area contributed by atoms with Gasteiger partial charge < -0.3 is 16.4 Å². The zero-order valence-corrected chi connectivity index (χ0v) is 12.4. The predicted molar refractivity (Wildman–Crippen MR) is 82.5 cm³/mol. The molecule has 114 valence electrons. The van der Waals surface area contributed by atoms with Crippen molar-refractivity contribution in [3.63, 3.8) is 0 Å². The summed E-state index contributed by atoms with van der Waals surface area (Å²) in [4.78, 5) is 23.5. The maximum atomic E-state index is 11.8. The quantitative estimate of drug-likeness (QED) is 0.715. The summed E-state index contributed by atoms with van der Waals surface area (Å²) in [7, 11) is 0. The first-order valence-electron chi connectivity index (χ1n) is 7.53. The highest BCUT2D eigenvalue weighted by atomic mass is 16.2. The number of anilines is 1. The number of amides is 2. The van der Waals surface area contributed by atoms with E-state index >= 15 is 0 Å². The lowest BCUT2D eigenvalue weighted by molar-refractivity contribution is -0.122. The summed E-state index contributed by atoms with van der Waals surface area (Å²) >= 11 is 0. The summed E-state index contributed by atoms with van der Waals surface area (Å²) in [6.07, 6.45) is 3.54. The van der Waals surface area contributed by atoms with Gasteiger partial charge in [0.15, 0.2) is 0 Å². The summed E-state index contributed by atoms with van der Waals surface area (Å²) < 4.78 is 0. The van der Waals surface area contributed by atoms with Gasteiger partial charge in [0.1, 0.15) is 0 Å². The molecule has 0 unspecified atom stereocenters. The highest BCUT2D eigenvalue weighted by molar-refractivity contribution is 5.94. The van der Waals surface area contributed by atoms with Gasteiger partial charge in [-0.3, -0.25) is 9.59 Å². The highest BCUT2D eigenvalue weighted by Crippen LogP contribution is 2.30. The molecule has 0 saturated heterocycles. The van der Waals surface area contributed by atoms with Gasteiger partial charge in [-0.25, -0.2) is 0 Å². The lowest BCUT2D eigenvalue weighted by Gasteiger charge is -2.12. The van der Waals surface area contributed by atoms with Crippen molar-refractivity contribution in [1.82, 2.24) is 5.32 Å². The van der Waals surface area contributed by atoms with Crippen LogP contribution < -0.4 is 16.4 Å². The fourth-order valence-electron chi connectivity index (χ4n) is 2.11. The molecule has 0 spiro atoms. The second-order valence-corrected chi connectivity index (χ2v) is 5.58.